The third-order valence-electron chi connectivity index (χ3n) is 3.94. The van der Waals surface area contributed by atoms with Crippen molar-refractivity contribution in [2.24, 2.45) is 5.92 Å². The highest BCUT2D eigenvalue weighted by atomic mass is 35.5. The summed E-state index contributed by atoms with van der Waals surface area (Å²) in [7, 11) is 0. The maximum Gasteiger partial charge on any atom is 0.262 e. The van der Waals surface area contributed by atoms with Gasteiger partial charge in [-0.05, 0) is 25.2 Å². The molecule has 2 atom stereocenters. The Bertz CT molecular complexity index is 313. The van der Waals surface area contributed by atoms with Crippen LogP contribution in [0, 0.1) is 5.92 Å². The molecule has 3 nitrogen and oxygen atoms in total. The predicted molar refractivity (Wildman–Crippen MR) is 72.8 cm³/mol. The summed E-state index contributed by atoms with van der Waals surface area (Å²) in [6, 6.07) is -0.680. The van der Waals surface area contributed by atoms with Crippen LogP contribution in [0.3, 0.4) is 0 Å². The molecule has 0 saturated carbocycles. The summed E-state index contributed by atoms with van der Waals surface area (Å²) in [4.78, 5) is 13.9. The van der Waals surface area contributed by atoms with Gasteiger partial charge in [0.2, 0.25) is 5.91 Å². The molecule has 0 bridgehead atoms. The average Bonchev–Trinajstić information content (AvgIpc) is 2.70. The summed E-state index contributed by atoms with van der Waals surface area (Å²) in [5.74, 6) is -2.30. The van der Waals surface area contributed by atoms with Gasteiger partial charge in [-0.2, -0.15) is 0 Å². The van der Waals surface area contributed by atoms with E-state index in [-0.39, 0.29) is 31.3 Å². The minimum absolute atomic E-state index is 0. The van der Waals surface area contributed by atoms with Crippen LogP contribution >= 0.6 is 12.4 Å². The van der Waals surface area contributed by atoms with E-state index in [0.29, 0.717) is 5.92 Å². The van der Waals surface area contributed by atoms with Crippen molar-refractivity contribution in [3.63, 3.8) is 0 Å². The molecule has 0 aromatic rings. The SMILES string of the molecule is CCCC1CCCN(C(=O)C2CC(F)(F)CN2)C1.Cl. The first-order valence-corrected chi connectivity index (χ1v) is 6.92. The highest BCUT2D eigenvalue weighted by molar-refractivity contribution is 5.85. The van der Waals surface area contributed by atoms with Crippen LogP contribution in [0.15, 0.2) is 0 Å². The Kier molecular flexibility index (Phi) is 5.99. The summed E-state index contributed by atoms with van der Waals surface area (Å²) in [6.07, 6.45) is 4.05. The average molecular weight is 297 g/mol. The molecule has 2 unspecified atom stereocenters. The van der Waals surface area contributed by atoms with Crippen molar-refractivity contribution in [1.29, 1.82) is 0 Å². The molecule has 0 spiro atoms. The molecule has 2 rings (SSSR count). The lowest BCUT2D eigenvalue weighted by Crippen LogP contribution is -2.47. The van der Waals surface area contributed by atoms with E-state index in [2.05, 4.69) is 12.2 Å². The number of halogens is 3. The van der Waals surface area contributed by atoms with Crippen molar-refractivity contribution in [2.45, 2.75) is 51.0 Å². The first-order chi connectivity index (χ1) is 8.52. The summed E-state index contributed by atoms with van der Waals surface area (Å²) < 4.78 is 26.2. The Morgan fingerprint density at radius 3 is 2.79 bits per heavy atom. The molecule has 0 aliphatic carbocycles. The van der Waals surface area contributed by atoms with E-state index in [9.17, 15) is 13.6 Å². The number of nitrogens with zero attached hydrogens (tertiary/aromatic N) is 1. The van der Waals surface area contributed by atoms with Crippen LogP contribution < -0.4 is 5.32 Å². The smallest absolute Gasteiger partial charge is 0.262 e. The number of rotatable bonds is 3. The molecule has 19 heavy (non-hydrogen) atoms. The molecule has 2 heterocycles. The molecule has 1 N–H and O–H groups in total. The van der Waals surface area contributed by atoms with Gasteiger partial charge in [0.15, 0.2) is 0 Å². The first-order valence-electron chi connectivity index (χ1n) is 6.92. The Morgan fingerprint density at radius 1 is 1.47 bits per heavy atom. The summed E-state index contributed by atoms with van der Waals surface area (Å²) in [6.45, 7) is 3.24. The zero-order valence-corrected chi connectivity index (χ0v) is 12.1. The van der Waals surface area contributed by atoms with E-state index in [1.165, 1.54) is 0 Å². The Morgan fingerprint density at radius 2 is 2.21 bits per heavy atom. The van der Waals surface area contributed by atoms with E-state index >= 15 is 0 Å². The minimum Gasteiger partial charge on any atom is -0.341 e. The molecule has 0 aromatic heterocycles. The molecule has 2 aliphatic rings. The normalized spacial score (nSPS) is 29.9. The van der Waals surface area contributed by atoms with Gasteiger partial charge in [-0.25, -0.2) is 8.78 Å². The summed E-state index contributed by atoms with van der Waals surface area (Å²) in [5.41, 5.74) is 0. The second-order valence-corrected chi connectivity index (χ2v) is 5.57. The third kappa shape index (κ3) is 4.28. The Labute approximate surface area is 119 Å². The fraction of sp³-hybridized carbons (Fsp3) is 0.923. The van der Waals surface area contributed by atoms with Crippen LogP contribution in [-0.4, -0.2) is 42.4 Å². The maximum absolute atomic E-state index is 13.1. The zero-order valence-electron chi connectivity index (χ0n) is 11.3. The van der Waals surface area contributed by atoms with Crippen molar-refractivity contribution >= 4 is 18.3 Å². The number of alkyl halides is 2. The van der Waals surface area contributed by atoms with Crippen molar-refractivity contribution < 1.29 is 13.6 Å². The van der Waals surface area contributed by atoms with E-state index in [0.717, 1.165) is 38.8 Å². The van der Waals surface area contributed by atoms with Gasteiger partial charge in [0.25, 0.3) is 5.92 Å². The molecular weight excluding hydrogens is 274 g/mol. The lowest BCUT2D eigenvalue weighted by Gasteiger charge is -2.34. The second kappa shape index (κ2) is 6.84. The molecule has 0 aromatic carbocycles. The molecular formula is C13H23ClF2N2O. The molecule has 2 fully saturated rings. The quantitative estimate of drug-likeness (QED) is 0.867. The number of likely N-dealkylation sites (tertiary alicyclic amines) is 1. The van der Waals surface area contributed by atoms with Crippen LogP contribution in [0.5, 0.6) is 0 Å². The number of hydrogen-bond acceptors (Lipinski definition) is 2. The molecule has 0 radical (unpaired) electrons. The lowest BCUT2D eigenvalue weighted by atomic mass is 9.93. The number of piperidine rings is 1. The summed E-state index contributed by atoms with van der Waals surface area (Å²) >= 11 is 0. The second-order valence-electron chi connectivity index (χ2n) is 5.57. The minimum atomic E-state index is -2.72. The predicted octanol–water partition coefficient (Wildman–Crippen LogP) is 2.44. The van der Waals surface area contributed by atoms with Gasteiger partial charge in [0, 0.05) is 19.5 Å². The fourth-order valence-electron chi connectivity index (χ4n) is 3.02. The van der Waals surface area contributed by atoms with E-state index in [1.54, 1.807) is 4.90 Å². The van der Waals surface area contributed by atoms with Gasteiger partial charge < -0.3 is 4.90 Å². The summed E-state index contributed by atoms with van der Waals surface area (Å²) in [5, 5.41) is 2.65. The van der Waals surface area contributed by atoms with E-state index in [4.69, 9.17) is 0 Å². The van der Waals surface area contributed by atoms with Gasteiger partial charge in [0.1, 0.15) is 0 Å². The van der Waals surface area contributed by atoms with Crippen molar-refractivity contribution in [3.8, 4) is 0 Å². The van der Waals surface area contributed by atoms with Crippen LogP contribution in [0.25, 0.3) is 0 Å². The molecule has 6 heteroatoms. The number of amides is 1. The van der Waals surface area contributed by atoms with Crippen LogP contribution in [0.2, 0.25) is 0 Å². The zero-order chi connectivity index (χ0) is 13.2. The highest BCUT2D eigenvalue weighted by Crippen LogP contribution is 2.28. The Balaban J connectivity index is 0.00000180. The Hall–Kier alpha value is -0.420. The van der Waals surface area contributed by atoms with Crippen molar-refractivity contribution in [2.75, 3.05) is 19.6 Å². The fourth-order valence-corrected chi connectivity index (χ4v) is 3.02. The van der Waals surface area contributed by atoms with Gasteiger partial charge >= 0.3 is 0 Å². The lowest BCUT2D eigenvalue weighted by molar-refractivity contribution is -0.135. The van der Waals surface area contributed by atoms with E-state index in [1.807, 2.05) is 0 Å². The number of carbonyl (C=O) groups excluding carboxylic acids is 1. The molecule has 1 amide bonds. The van der Waals surface area contributed by atoms with Gasteiger partial charge in [-0.1, -0.05) is 13.3 Å². The molecule has 2 aliphatic heterocycles. The van der Waals surface area contributed by atoms with Crippen molar-refractivity contribution in [3.05, 3.63) is 0 Å². The number of hydrogen-bond donors (Lipinski definition) is 1. The van der Waals surface area contributed by atoms with Gasteiger partial charge in [0.05, 0.1) is 12.6 Å². The maximum atomic E-state index is 13.1. The third-order valence-corrected chi connectivity index (χ3v) is 3.94. The van der Waals surface area contributed by atoms with Crippen molar-refractivity contribution in [1.82, 2.24) is 10.2 Å². The molecule has 112 valence electrons. The monoisotopic (exact) mass is 296 g/mol. The highest BCUT2D eigenvalue weighted by Gasteiger charge is 2.43. The van der Waals surface area contributed by atoms with Gasteiger partial charge in [-0.3, -0.25) is 10.1 Å². The van der Waals surface area contributed by atoms with E-state index < -0.39 is 12.0 Å². The standard InChI is InChI=1S/C13H22F2N2O.ClH/c1-2-4-10-5-3-6-17(8-10)12(18)11-7-13(14,15)9-16-11;/h10-11,16H,2-9H2,1H3;1H. The number of nitrogens with one attached hydrogen (secondary N) is 1. The van der Waals surface area contributed by atoms with Crippen LogP contribution in [0.1, 0.15) is 39.0 Å². The van der Waals surface area contributed by atoms with Gasteiger partial charge in [-0.15, -0.1) is 12.4 Å². The molecule has 2 saturated heterocycles. The number of carbonyl (C=O) groups is 1. The largest absolute Gasteiger partial charge is 0.341 e. The van der Waals surface area contributed by atoms with Crippen LogP contribution in [0.4, 0.5) is 8.78 Å². The van der Waals surface area contributed by atoms with Crippen LogP contribution in [-0.2, 0) is 4.79 Å². The first kappa shape index (κ1) is 16.6. The topological polar surface area (TPSA) is 32.3 Å².